The summed E-state index contributed by atoms with van der Waals surface area (Å²) < 4.78 is 5.61. The van der Waals surface area contributed by atoms with E-state index in [2.05, 4.69) is 10.6 Å². The zero-order chi connectivity index (χ0) is 11.8. The van der Waals surface area contributed by atoms with Gasteiger partial charge in [0, 0.05) is 12.5 Å². The second-order valence-corrected chi connectivity index (χ2v) is 4.22. The van der Waals surface area contributed by atoms with Crippen molar-refractivity contribution in [3.63, 3.8) is 0 Å². The van der Waals surface area contributed by atoms with E-state index in [1.807, 2.05) is 0 Å². The lowest BCUT2D eigenvalue weighted by Gasteiger charge is -2.22. The molecule has 16 heavy (non-hydrogen) atoms. The highest BCUT2D eigenvalue weighted by Gasteiger charge is 2.13. The molecule has 0 unspecified atom stereocenters. The molecule has 94 valence electrons. The van der Waals surface area contributed by atoms with Crippen LogP contribution in [0.15, 0.2) is 0 Å². The van der Waals surface area contributed by atoms with Crippen LogP contribution in [0.3, 0.4) is 0 Å². The number of hydrogen-bond acceptors (Lipinski definition) is 4. The number of piperidine rings is 1. The van der Waals surface area contributed by atoms with Crippen LogP contribution in [0.1, 0.15) is 26.2 Å². The number of rotatable bonds is 6. The first-order valence-corrected chi connectivity index (χ1v) is 5.95. The molecule has 0 aromatic rings. The lowest BCUT2D eigenvalue weighted by molar-refractivity contribution is -0.123. The molecule has 3 N–H and O–H groups in total. The smallest absolute Gasteiger partial charge is 0.222 e. The molecule has 0 saturated carbocycles. The molecule has 1 fully saturated rings. The fraction of sp³-hybridized carbons (Fsp3) is 0.909. The average molecular weight is 230 g/mol. The molecule has 0 aromatic heterocycles. The molecule has 1 rings (SSSR count). The van der Waals surface area contributed by atoms with Crippen LogP contribution in [0.25, 0.3) is 0 Å². The molecular weight excluding hydrogens is 208 g/mol. The largest absolute Gasteiger partial charge is 0.394 e. The number of hydrogen-bond donors (Lipinski definition) is 3. The molecule has 1 heterocycles. The highest BCUT2D eigenvalue weighted by atomic mass is 16.5. The second-order valence-electron chi connectivity index (χ2n) is 4.22. The topological polar surface area (TPSA) is 70.6 Å². The van der Waals surface area contributed by atoms with Crippen molar-refractivity contribution in [2.75, 3.05) is 26.3 Å². The van der Waals surface area contributed by atoms with Crippen molar-refractivity contribution >= 4 is 5.91 Å². The maximum atomic E-state index is 11.3. The first-order valence-electron chi connectivity index (χ1n) is 5.95. The number of aliphatic hydroxyl groups excluding tert-OH is 1. The van der Waals surface area contributed by atoms with Gasteiger partial charge >= 0.3 is 0 Å². The fourth-order valence-electron chi connectivity index (χ4n) is 1.67. The van der Waals surface area contributed by atoms with Crippen molar-refractivity contribution in [1.29, 1.82) is 0 Å². The van der Waals surface area contributed by atoms with E-state index in [4.69, 9.17) is 9.84 Å². The Morgan fingerprint density at radius 2 is 2.25 bits per heavy atom. The summed E-state index contributed by atoms with van der Waals surface area (Å²) in [6, 6.07) is -0.175. The van der Waals surface area contributed by atoms with Gasteiger partial charge in [-0.05, 0) is 32.9 Å². The van der Waals surface area contributed by atoms with Gasteiger partial charge in [-0.25, -0.2) is 0 Å². The Hall–Kier alpha value is -0.650. The molecule has 0 radical (unpaired) electrons. The molecule has 1 aliphatic heterocycles. The third kappa shape index (κ3) is 5.44. The maximum Gasteiger partial charge on any atom is 0.222 e. The maximum absolute atomic E-state index is 11.3. The second kappa shape index (κ2) is 7.60. The molecular formula is C11H22N2O3. The summed E-state index contributed by atoms with van der Waals surface area (Å²) in [7, 11) is 0. The summed E-state index contributed by atoms with van der Waals surface area (Å²) in [5.74, 6) is -0.0597. The van der Waals surface area contributed by atoms with Gasteiger partial charge in [0.05, 0.1) is 19.3 Å². The van der Waals surface area contributed by atoms with Crippen LogP contribution in [0, 0.1) is 0 Å². The Balaban J connectivity index is 2.03. The summed E-state index contributed by atoms with van der Waals surface area (Å²) >= 11 is 0. The number of carbonyl (C=O) groups is 1. The molecule has 1 aliphatic rings. The molecule has 5 heteroatoms. The monoisotopic (exact) mass is 230 g/mol. The zero-order valence-corrected chi connectivity index (χ0v) is 9.87. The van der Waals surface area contributed by atoms with Gasteiger partial charge in [0.2, 0.25) is 5.91 Å². The van der Waals surface area contributed by atoms with Crippen LogP contribution in [0.5, 0.6) is 0 Å². The first-order chi connectivity index (χ1) is 7.72. The van der Waals surface area contributed by atoms with Gasteiger partial charge in [-0.3, -0.25) is 4.79 Å². The lowest BCUT2D eigenvalue weighted by Crippen LogP contribution is -2.36. The van der Waals surface area contributed by atoms with Crippen LogP contribution >= 0.6 is 0 Å². The SMILES string of the molecule is C[C@H](CO)NC(=O)CCOC1CCNCC1. The van der Waals surface area contributed by atoms with Gasteiger partial charge in [0.15, 0.2) is 0 Å². The Labute approximate surface area is 96.6 Å². The van der Waals surface area contributed by atoms with Crippen molar-refractivity contribution in [3.05, 3.63) is 0 Å². The lowest BCUT2D eigenvalue weighted by atomic mass is 10.1. The molecule has 0 spiro atoms. The summed E-state index contributed by atoms with van der Waals surface area (Å²) in [5.41, 5.74) is 0. The number of ether oxygens (including phenoxy) is 1. The van der Waals surface area contributed by atoms with Crippen LogP contribution < -0.4 is 10.6 Å². The highest BCUT2D eigenvalue weighted by Crippen LogP contribution is 2.07. The zero-order valence-electron chi connectivity index (χ0n) is 9.87. The number of carbonyl (C=O) groups excluding carboxylic acids is 1. The Kier molecular flexibility index (Phi) is 6.37. The van der Waals surface area contributed by atoms with E-state index in [0.29, 0.717) is 19.1 Å². The highest BCUT2D eigenvalue weighted by molar-refractivity contribution is 5.76. The van der Waals surface area contributed by atoms with E-state index in [0.717, 1.165) is 25.9 Å². The molecule has 0 aromatic carbocycles. The van der Waals surface area contributed by atoms with E-state index in [-0.39, 0.29) is 18.6 Å². The van der Waals surface area contributed by atoms with E-state index in [9.17, 15) is 4.79 Å². The standard InChI is InChI=1S/C11H22N2O3/c1-9(8-14)13-11(15)4-7-16-10-2-5-12-6-3-10/h9-10,12,14H,2-8H2,1H3,(H,13,15)/t9-/m1/s1. The summed E-state index contributed by atoms with van der Waals surface area (Å²) in [5, 5.41) is 14.7. The molecule has 1 saturated heterocycles. The van der Waals surface area contributed by atoms with E-state index in [1.165, 1.54) is 0 Å². The van der Waals surface area contributed by atoms with E-state index in [1.54, 1.807) is 6.92 Å². The van der Waals surface area contributed by atoms with Crippen LogP contribution in [0.4, 0.5) is 0 Å². The number of aliphatic hydroxyl groups is 1. The van der Waals surface area contributed by atoms with Gasteiger partial charge < -0.3 is 20.5 Å². The van der Waals surface area contributed by atoms with Crippen LogP contribution in [-0.4, -0.2) is 49.5 Å². The minimum Gasteiger partial charge on any atom is -0.394 e. The van der Waals surface area contributed by atoms with E-state index >= 15 is 0 Å². The van der Waals surface area contributed by atoms with Gasteiger partial charge in [-0.2, -0.15) is 0 Å². The molecule has 5 nitrogen and oxygen atoms in total. The van der Waals surface area contributed by atoms with Crippen molar-refractivity contribution in [2.24, 2.45) is 0 Å². The van der Waals surface area contributed by atoms with E-state index < -0.39 is 0 Å². The minimum absolute atomic E-state index is 0.0269. The third-order valence-corrected chi connectivity index (χ3v) is 2.65. The summed E-state index contributed by atoms with van der Waals surface area (Å²) in [6.45, 7) is 4.21. The quantitative estimate of drug-likeness (QED) is 0.583. The Morgan fingerprint density at radius 3 is 2.88 bits per heavy atom. The Morgan fingerprint density at radius 1 is 1.56 bits per heavy atom. The fourth-order valence-corrected chi connectivity index (χ4v) is 1.67. The predicted octanol–water partition coefficient (Wildman–Crippen LogP) is -0.358. The summed E-state index contributed by atoms with van der Waals surface area (Å²) in [6.07, 6.45) is 2.71. The predicted molar refractivity (Wildman–Crippen MR) is 61.2 cm³/mol. The van der Waals surface area contributed by atoms with Crippen LogP contribution in [0.2, 0.25) is 0 Å². The molecule has 0 aliphatic carbocycles. The minimum atomic E-state index is -0.175. The number of amides is 1. The van der Waals surface area contributed by atoms with Gasteiger partial charge in [0.1, 0.15) is 0 Å². The molecule has 1 amide bonds. The normalized spacial score (nSPS) is 19.4. The Bertz CT molecular complexity index is 205. The molecule has 1 atom stereocenters. The van der Waals surface area contributed by atoms with Crippen molar-refractivity contribution in [1.82, 2.24) is 10.6 Å². The van der Waals surface area contributed by atoms with Gasteiger partial charge in [-0.15, -0.1) is 0 Å². The van der Waals surface area contributed by atoms with Crippen molar-refractivity contribution in [2.45, 2.75) is 38.3 Å². The van der Waals surface area contributed by atoms with Crippen molar-refractivity contribution in [3.8, 4) is 0 Å². The van der Waals surface area contributed by atoms with Gasteiger partial charge in [-0.1, -0.05) is 0 Å². The molecule has 0 bridgehead atoms. The average Bonchev–Trinajstić information content (AvgIpc) is 2.30. The van der Waals surface area contributed by atoms with Crippen molar-refractivity contribution < 1.29 is 14.6 Å². The third-order valence-electron chi connectivity index (χ3n) is 2.65. The van der Waals surface area contributed by atoms with Crippen LogP contribution in [-0.2, 0) is 9.53 Å². The number of nitrogens with one attached hydrogen (secondary N) is 2. The first kappa shape index (κ1) is 13.4. The summed E-state index contributed by atoms with van der Waals surface area (Å²) in [4.78, 5) is 11.3. The van der Waals surface area contributed by atoms with Gasteiger partial charge in [0.25, 0.3) is 0 Å².